The van der Waals surface area contributed by atoms with Gasteiger partial charge in [0.05, 0.1) is 18.1 Å². The van der Waals surface area contributed by atoms with Crippen molar-refractivity contribution in [1.82, 2.24) is 4.90 Å². The lowest BCUT2D eigenvalue weighted by Crippen LogP contribution is -2.41. The van der Waals surface area contributed by atoms with E-state index in [-0.39, 0.29) is 30.0 Å². The van der Waals surface area contributed by atoms with Crippen LogP contribution in [0.2, 0.25) is 0 Å². The maximum absolute atomic E-state index is 12.3. The van der Waals surface area contributed by atoms with Crippen LogP contribution in [0.3, 0.4) is 0 Å². The molecule has 122 valence electrons. The van der Waals surface area contributed by atoms with Gasteiger partial charge >= 0.3 is 0 Å². The maximum Gasteiger partial charge on any atom is 0.238 e. The van der Waals surface area contributed by atoms with Crippen LogP contribution in [0.5, 0.6) is 0 Å². The summed E-state index contributed by atoms with van der Waals surface area (Å²) < 4.78 is 23.2. The normalized spacial score (nSPS) is 20.3. The molecule has 1 fully saturated rings. The highest BCUT2D eigenvalue weighted by molar-refractivity contribution is 7.91. The highest BCUT2D eigenvalue weighted by Crippen LogP contribution is 2.19. The lowest BCUT2D eigenvalue weighted by Gasteiger charge is -2.25. The Balaban J connectivity index is 1.99. The van der Waals surface area contributed by atoms with Gasteiger partial charge in [0.2, 0.25) is 5.91 Å². The molecule has 1 amide bonds. The van der Waals surface area contributed by atoms with Crippen LogP contribution in [-0.4, -0.2) is 49.9 Å². The summed E-state index contributed by atoms with van der Waals surface area (Å²) in [6.45, 7) is 6.79. The predicted molar refractivity (Wildman–Crippen MR) is 88.9 cm³/mol. The van der Waals surface area contributed by atoms with Gasteiger partial charge in [-0.2, -0.15) is 0 Å². The molecule has 22 heavy (non-hydrogen) atoms. The molecule has 0 spiro atoms. The van der Waals surface area contributed by atoms with Gasteiger partial charge in [0.15, 0.2) is 9.84 Å². The first kappa shape index (κ1) is 17.0. The van der Waals surface area contributed by atoms with Crippen LogP contribution in [-0.2, 0) is 14.6 Å². The largest absolute Gasteiger partial charge is 0.325 e. The molecular weight excluding hydrogens is 300 g/mol. The number of amides is 1. The molecule has 5 nitrogen and oxygen atoms in total. The minimum Gasteiger partial charge on any atom is -0.325 e. The number of hydrogen-bond acceptors (Lipinski definition) is 4. The zero-order valence-electron chi connectivity index (χ0n) is 13.4. The van der Waals surface area contributed by atoms with E-state index >= 15 is 0 Å². The molecule has 6 heteroatoms. The minimum atomic E-state index is -2.93. The second-order valence-electron chi connectivity index (χ2n) is 5.99. The number of carbonyl (C=O) groups is 1. The third-order valence-corrected chi connectivity index (χ3v) is 5.90. The number of nitrogens with one attached hydrogen (secondary N) is 1. The fourth-order valence-corrected chi connectivity index (χ4v) is 4.57. The molecule has 2 rings (SSSR count). The number of hydrogen-bond donors (Lipinski definition) is 1. The third kappa shape index (κ3) is 4.30. The standard InChI is InChI=1S/C16H24N2O3S/c1-4-18(14-7-8-22(20,21)11-14)10-16(19)17-15-9-12(2)5-6-13(15)3/h5-6,9,14H,4,7-8,10-11H2,1-3H3,(H,17,19). The van der Waals surface area contributed by atoms with Crippen LogP contribution < -0.4 is 5.32 Å². The van der Waals surface area contributed by atoms with Gasteiger partial charge in [0, 0.05) is 11.7 Å². The lowest BCUT2D eigenvalue weighted by molar-refractivity contribution is -0.117. The fourth-order valence-electron chi connectivity index (χ4n) is 2.81. The van der Waals surface area contributed by atoms with E-state index in [0.29, 0.717) is 13.0 Å². The van der Waals surface area contributed by atoms with Gasteiger partial charge in [-0.05, 0) is 44.0 Å². The summed E-state index contributed by atoms with van der Waals surface area (Å²) in [5.74, 6) is 0.296. The fraction of sp³-hybridized carbons (Fsp3) is 0.562. The van der Waals surface area contributed by atoms with Gasteiger partial charge < -0.3 is 5.32 Å². The molecule has 1 saturated heterocycles. The Morgan fingerprint density at radius 1 is 1.36 bits per heavy atom. The van der Waals surface area contributed by atoms with Crippen molar-refractivity contribution in [3.63, 3.8) is 0 Å². The predicted octanol–water partition coefficient (Wildman–Crippen LogP) is 1.75. The third-order valence-electron chi connectivity index (χ3n) is 4.14. The van der Waals surface area contributed by atoms with Crippen molar-refractivity contribution in [3.05, 3.63) is 29.3 Å². The van der Waals surface area contributed by atoms with Crippen molar-refractivity contribution in [3.8, 4) is 0 Å². The Morgan fingerprint density at radius 3 is 2.68 bits per heavy atom. The molecule has 1 N–H and O–H groups in total. The quantitative estimate of drug-likeness (QED) is 0.896. The van der Waals surface area contributed by atoms with Crippen molar-refractivity contribution in [2.75, 3.05) is 29.9 Å². The number of likely N-dealkylation sites (N-methyl/N-ethyl adjacent to an activating group) is 1. The van der Waals surface area contributed by atoms with E-state index < -0.39 is 9.84 Å². The Hall–Kier alpha value is -1.40. The molecule has 0 aliphatic carbocycles. The van der Waals surface area contributed by atoms with Crippen LogP contribution in [0.25, 0.3) is 0 Å². The highest BCUT2D eigenvalue weighted by atomic mass is 32.2. The van der Waals surface area contributed by atoms with Gasteiger partial charge in [0.25, 0.3) is 0 Å². The molecule has 1 heterocycles. The molecule has 1 aromatic carbocycles. The number of benzene rings is 1. The monoisotopic (exact) mass is 324 g/mol. The number of rotatable bonds is 5. The zero-order valence-corrected chi connectivity index (χ0v) is 14.2. The van der Waals surface area contributed by atoms with Crippen molar-refractivity contribution >= 4 is 21.4 Å². The van der Waals surface area contributed by atoms with Gasteiger partial charge in [-0.15, -0.1) is 0 Å². The van der Waals surface area contributed by atoms with Gasteiger partial charge in [-0.3, -0.25) is 9.69 Å². The second-order valence-corrected chi connectivity index (χ2v) is 8.22. The molecule has 0 radical (unpaired) electrons. The first-order chi connectivity index (χ1) is 10.3. The molecule has 1 aliphatic heterocycles. The first-order valence-corrected chi connectivity index (χ1v) is 9.44. The van der Waals surface area contributed by atoms with Crippen molar-refractivity contribution in [1.29, 1.82) is 0 Å². The van der Waals surface area contributed by atoms with E-state index in [9.17, 15) is 13.2 Å². The average Bonchev–Trinajstić information content (AvgIpc) is 2.80. The average molecular weight is 324 g/mol. The van der Waals surface area contributed by atoms with Gasteiger partial charge in [0.1, 0.15) is 0 Å². The van der Waals surface area contributed by atoms with E-state index in [1.807, 2.05) is 43.9 Å². The molecule has 1 aromatic rings. The smallest absolute Gasteiger partial charge is 0.238 e. The van der Waals surface area contributed by atoms with Crippen LogP contribution in [0.1, 0.15) is 24.5 Å². The molecule has 1 unspecified atom stereocenters. The first-order valence-electron chi connectivity index (χ1n) is 7.62. The van der Waals surface area contributed by atoms with Gasteiger partial charge in [-0.1, -0.05) is 19.1 Å². The van der Waals surface area contributed by atoms with E-state index in [4.69, 9.17) is 0 Å². The molecule has 1 aliphatic rings. The lowest BCUT2D eigenvalue weighted by atomic mass is 10.1. The number of carbonyl (C=O) groups excluding carboxylic acids is 1. The Kier molecular flexibility index (Phi) is 5.24. The molecule has 0 saturated carbocycles. The summed E-state index contributed by atoms with van der Waals surface area (Å²) in [5, 5.41) is 2.93. The molecule has 0 bridgehead atoms. The summed E-state index contributed by atoms with van der Waals surface area (Å²) in [5.41, 5.74) is 2.93. The van der Waals surface area contributed by atoms with E-state index in [1.165, 1.54) is 0 Å². The number of aryl methyl sites for hydroxylation is 2. The summed E-state index contributed by atoms with van der Waals surface area (Å²) in [6.07, 6.45) is 0.618. The molecule has 0 aromatic heterocycles. The van der Waals surface area contributed by atoms with Crippen LogP contribution in [0.15, 0.2) is 18.2 Å². The van der Waals surface area contributed by atoms with Gasteiger partial charge in [-0.25, -0.2) is 8.42 Å². The topological polar surface area (TPSA) is 66.5 Å². The summed E-state index contributed by atoms with van der Waals surface area (Å²) in [6, 6.07) is 5.89. The number of nitrogens with zero attached hydrogens (tertiary/aromatic N) is 1. The van der Waals surface area contributed by atoms with Crippen molar-refractivity contribution in [2.24, 2.45) is 0 Å². The van der Waals surface area contributed by atoms with E-state index in [1.54, 1.807) is 0 Å². The summed E-state index contributed by atoms with van der Waals surface area (Å²) in [7, 11) is -2.93. The van der Waals surface area contributed by atoms with Crippen LogP contribution in [0, 0.1) is 13.8 Å². The highest BCUT2D eigenvalue weighted by Gasteiger charge is 2.32. The summed E-state index contributed by atoms with van der Waals surface area (Å²) >= 11 is 0. The number of anilines is 1. The molecular formula is C16H24N2O3S. The van der Waals surface area contributed by atoms with Crippen molar-refractivity contribution < 1.29 is 13.2 Å². The second kappa shape index (κ2) is 6.79. The molecule has 1 atom stereocenters. The number of sulfone groups is 1. The Bertz CT molecular complexity index is 655. The SMILES string of the molecule is CCN(CC(=O)Nc1cc(C)ccc1C)C1CCS(=O)(=O)C1. The minimum absolute atomic E-state index is 0.0423. The van der Waals surface area contributed by atoms with Crippen molar-refractivity contribution in [2.45, 2.75) is 33.2 Å². The van der Waals surface area contributed by atoms with E-state index in [2.05, 4.69) is 5.32 Å². The Morgan fingerprint density at radius 2 is 2.09 bits per heavy atom. The van der Waals surface area contributed by atoms with Crippen LogP contribution >= 0.6 is 0 Å². The zero-order chi connectivity index (χ0) is 16.3. The maximum atomic E-state index is 12.3. The van der Waals surface area contributed by atoms with E-state index in [0.717, 1.165) is 16.8 Å². The Labute approximate surface area is 132 Å². The summed E-state index contributed by atoms with van der Waals surface area (Å²) in [4.78, 5) is 14.2. The van der Waals surface area contributed by atoms with Crippen LogP contribution in [0.4, 0.5) is 5.69 Å².